The average molecular weight is 224 g/mol. The summed E-state index contributed by atoms with van der Waals surface area (Å²) in [7, 11) is 0. The minimum absolute atomic E-state index is 0.161. The average Bonchev–Trinajstić information content (AvgIpc) is 2.92. The van der Waals surface area contributed by atoms with E-state index in [9.17, 15) is 4.79 Å². The van der Waals surface area contributed by atoms with Crippen LogP contribution in [-0.4, -0.2) is 11.9 Å². The summed E-state index contributed by atoms with van der Waals surface area (Å²) in [6.45, 7) is 0. The van der Waals surface area contributed by atoms with Crippen LogP contribution < -0.4 is 0 Å². The molecule has 3 aliphatic rings. The molecule has 0 saturated heterocycles. The molecule has 0 N–H and O–H groups in total. The number of benzene rings is 1. The van der Waals surface area contributed by atoms with E-state index in [2.05, 4.69) is 12.2 Å². The van der Waals surface area contributed by atoms with Crippen molar-refractivity contribution >= 4 is 11.5 Å². The van der Waals surface area contributed by atoms with Gasteiger partial charge in [-0.25, -0.2) is 0 Å². The van der Waals surface area contributed by atoms with Crippen LogP contribution in [0.4, 0.5) is 0 Å². The van der Waals surface area contributed by atoms with Gasteiger partial charge in [-0.3, -0.25) is 4.79 Å². The smallest absolute Gasteiger partial charge is 0.193 e. The van der Waals surface area contributed by atoms with Gasteiger partial charge < -0.3 is 4.74 Å². The number of ether oxygens (including phenoxy) is 1. The number of ketones is 1. The highest BCUT2D eigenvalue weighted by atomic mass is 16.5. The van der Waals surface area contributed by atoms with Gasteiger partial charge in [0.15, 0.2) is 5.78 Å². The highest BCUT2D eigenvalue weighted by molar-refractivity contribution is 6.19. The highest BCUT2D eigenvalue weighted by Gasteiger charge is 2.40. The van der Waals surface area contributed by atoms with Gasteiger partial charge in [-0.2, -0.15) is 0 Å². The fourth-order valence-electron chi connectivity index (χ4n) is 3.04. The second-order valence-electron chi connectivity index (χ2n) is 4.87. The Bertz CT molecular complexity index is 580. The van der Waals surface area contributed by atoms with Crippen molar-refractivity contribution in [2.75, 3.05) is 0 Å². The summed E-state index contributed by atoms with van der Waals surface area (Å²) in [5.41, 5.74) is 2.67. The Balaban J connectivity index is 1.85. The van der Waals surface area contributed by atoms with E-state index in [1.165, 1.54) is 0 Å². The molecule has 17 heavy (non-hydrogen) atoms. The second-order valence-corrected chi connectivity index (χ2v) is 4.87. The fourth-order valence-corrected chi connectivity index (χ4v) is 3.04. The third kappa shape index (κ3) is 1.13. The Morgan fingerprint density at radius 2 is 2.00 bits per heavy atom. The zero-order valence-electron chi connectivity index (χ0n) is 9.35. The van der Waals surface area contributed by atoms with Crippen molar-refractivity contribution in [2.24, 2.45) is 5.92 Å². The minimum atomic E-state index is 0.161. The molecule has 1 aliphatic heterocycles. The summed E-state index contributed by atoms with van der Waals surface area (Å²) < 4.78 is 6.03. The Hall–Kier alpha value is -1.83. The molecule has 0 amide bonds. The molecule has 2 unspecified atom stereocenters. The van der Waals surface area contributed by atoms with Crippen molar-refractivity contribution in [3.8, 4) is 0 Å². The molecule has 1 aromatic rings. The topological polar surface area (TPSA) is 26.3 Å². The lowest BCUT2D eigenvalue weighted by Crippen LogP contribution is -2.24. The standard InChI is InChI=1S/C15H12O2/c16-14-10-5-1-2-6-11(10)15-12(14)8-9-4-3-7-13(9)17-15/h1-6,9,13H,7-8H2. The molecule has 0 spiro atoms. The van der Waals surface area contributed by atoms with Crippen molar-refractivity contribution in [1.29, 1.82) is 0 Å². The zero-order chi connectivity index (χ0) is 11.4. The molecule has 2 aliphatic carbocycles. The largest absolute Gasteiger partial charge is 0.488 e. The van der Waals surface area contributed by atoms with Gasteiger partial charge in [-0.05, 0) is 6.42 Å². The Morgan fingerprint density at radius 3 is 2.88 bits per heavy atom. The van der Waals surface area contributed by atoms with Crippen LogP contribution in [0.15, 0.2) is 42.0 Å². The number of hydrogen-bond donors (Lipinski definition) is 0. The van der Waals surface area contributed by atoms with Gasteiger partial charge in [0.2, 0.25) is 0 Å². The fraction of sp³-hybridized carbons (Fsp3) is 0.267. The maximum Gasteiger partial charge on any atom is 0.193 e. The van der Waals surface area contributed by atoms with Crippen molar-refractivity contribution in [3.63, 3.8) is 0 Å². The van der Waals surface area contributed by atoms with Crippen LogP contribution in [0.2, 0.25) is 0 Å². The first-order valence-corrected chi connectivity index (χ1v) is 6.05. The highest BCUT2D eigenvalue weighted by Crippen LogP contribution is 2.44. The molecule has 2 heteroatoms. The number of hydrogen-bond acceptors (Lipinski definition) is 2. The molecular formula is C15H12O2. The Kier molecular flexibility index (Phi) is 1.68. The van der Waals surface area contributed by atoms with Gasteiger partial charge in [-0.15, -0.1) is 0 Å². The lowest BCUT2D eigenvalue weighted by atomic mass is 9.92. The third-order valence-electron chi connectivity index (χ3n) is 3.90. The maximum atomic E-state index is 12.3. The normalized spacial score (nSPS) is 28.8. The van der Waals surface area contributed by atoms with Crippen molar-refractivity contribution < 1.29 is 9.53 Å². The molecular weight excluding hydrogens is 212 g/mol. The lowest BCUT2D eigenvalue weighted by Gasteiger charge is -2.27. The monoisotopic (exact) mass is 224 g/mol. The van der Waals surface area contributed by atoms with E-state index >= 15 is 0 Å². The number of Topliss-reactive ketones (excluding diaryl/α,β-unsaturated/α-hetero) is 1. The predicted octanol–water partition coefficient (Wildman–Crippen LogP) is 2.96. The van der Waals surface area contributed by atoms with Crippen LogP contribution >= 0.6 is 0 Å². The summed E-state index contributed by atoms with van der Waals surface area (Å²) in [5.74, 6) is 1.40. The zero-order valence-corrected chi connectivity index (χ0v) is 9.35. The van der Waals surface area contributed by atoms with E-state index in [0.717, 1.165) is 35.3 Å². The second kappa shape index (κ2) is 3.10. The van der Waals surface area contributed by atoms with Gasteiger partial charge >= 0.3 is 0 Å². The molecule has 0 saturated carbocycles. The first kappa shape index (κ1) is 9.23. The Labute approximate surface area is 99.6 Å². The first-order valence-electron chi connectivity index (χ1n) is 6.05. The number of carbonyl (C=O) groups is 1. The summed E-state index contributed by atoms with van der Waals surface area (Å²) in [6, 6.07) is 7.75. The van der Waals surface area contributed by atoms with E-state index < -0.39 is 0 Å². The van der Waals surface area contributed by atoms with Gasteiger partial charge in [0.25, 0.3) is 0 Å². The molecule has 0 radical (unpaired) electrons. The molecule has 1 heterocycles. The molecule has 0 fully saturated rings. The predicted molar refractivity (Wildman–Crippen MR) is 64.4 cm³/mol. The summed E-state index contributed by atoms with van der Waals surface area (Å²) in [4.78, 5) is 12.3. The first-order chi connectivity index (χ1) is 8.34. The number of rotatable bonds is 0. The van der Waals surface area contributed by atoms with E-state index in [4.69, 9.17) is 4.74 Å². The van der Waals surface area contributed by atoms with Crippen molar-refractivity contribution in [1.82, 2.24) is 0 Å². The van der Waals surface area contributed by atoms with Crippen LogP contribution in [0, 0.1) is 5.92 Å². The lowest BCUT2D eigenvalue weighted by molar-refractivity contribution is 0.0977. The molecule has 4 rings (SSSR count). The van der Waals surface area contributed by atoms with Crippen LogP contribution in [-0.2, 0) is 4.74 Å². The molecule has 84 valence electrons. The van der Waals surface area contributed by atoms with E-state index in [1.807, 2.05) is 24.3 Å². The maximum absolute atomic E-state index is 12.3. The molecule has 2 nitrogen and oxygen atoms in total. The minimum Gasteiger partial charge on any atom is -0.488 e. The van der Waals surface area contributed by atoms with Gasteiger partial charge in [0, 0.05) is 29.0 Å². The Morgan fingerprint density at radius 1 is 1.18 bits per heavy atom. The quantitative estimate of drug-likeness (QED) is 0.633. The van der Waals surface area contributed by atoms with E-state index in [0.29, 0.717) is 5.92 Å². The SMILES string of the molecule is O=C1C2=C(OC3CC=CC3C2)c2ccccc21. The van der Waals surface area contributed by atoms with Gasteiger partial charge in [-0.1, -0.05) is 36.4 Å². The summed E-state index contributed by atoms with van der Waals surface area (Å²) in [6.07, 6.45) is 6.40. The summed E-state index contributed by atoms with van der Waals surface area (Å²) >= 11 is 0. The number of allylic oxidation sites excluding steroid dienone is 1. The van der Waals surface area contributed by atoms with E-state index in [-0.39, 0.29) is 11.9 Å². The number of fused-ring (bicyclic) bond motifs is 3. The van der Waals surface area contributed by atoms with Crippen LogP contribution in [0.3, 0.4) is 0 Å². The molecule has 0 bridgehead atoms. The van der Waals surface area contributed by atoms with Gasteiger partial charge in [0.1, 0.15) is 11.9 Å². The van der Waals surface area contributed by atoms with Crippen molar-refractivity contribution in [2.45, 2.75) is 18.9 Å². The van der Waals surface area contributed by atoms with Crippen LogP contribution in [0.25, 0.3) is 5.76 Å². The molecule has 0 aromatic heterocycles. The number of carbonyl (C=O) groups excluding carboxylic acids is 1. The van der Waals surface area contributed by atoms with Crippen molar-refractivity contribution in [3.05, 3.63) is 53.1 Å². The molecule has 2 atom stereocenters. The molecule has 1 aromatic carbocycles. The third-order valence-corrected chi connectivity index (χ3v) is 3.90. The van der Waals surface area contributed by atoms with E-state index in [1.54, 1.807) is 0 Å². The summed E-state index contributed by atoms with van der Waals surface area (Å²) in [5, 5.41) is 0. The van der Waals surface area contributed by atoms with Gasteiger partial charge in [0.05, 0.1) is 0 Å². The van der Waals surface area contributed by atoms with Crippen LogP contribution in [0.1, 0.15) is 28.8 Å². The van der Waals surface area contributed by atoms with Crippen LogP contribution in [0.5, 0.6) is 0 Å².